The van der Waals surface area contributed by atoms with Gasteiger partial charge in [-0.3, -0.25) is 14.5 Å². The molecule has 0 unspecified atom stereocenters. The number of quaternary nitrogens is 1. The Labute approximate surface area is 235 Å². The number of likely N-dealkylation sites (tertiary alicyclic amines) is 1. The van der Waals surface area contributed by atoms with Crippen LogP contribution in [0.15, 0.2) is 48.5 Å². The second kappa shape index (κ2) is 12.9. The quantitative estimate of drug-likeness (QED) is 0.416. The van der Waals surface area contributed by atoms with Gasteiger partial charge in [-0.1, -0.05) is 17.7 Å². The largest absolute Gasteiger partial charge is 0.416 e. The van der Waals surface area contributed by atoms with Gasteiger partial charge in [-0.05, 0) is 42.5 Å². The van der Waals surface area contributed by atoms with E-state index in [0.29, 0.717) is 48.0 Å². The Bertz CT molecular complexity index is 1200. The van der Waals surface area contributed by atoms with Gasteiger partial charge < -0.3 is 15.5 Å². The van der Waals surface area contributed by atoms with E-state index in [9.17, 15) is 27.6 Å². The molecule has 0 spiro atoms. The molecule has 0 radical (unpaired) electrons. The van der Waals surface area contributed by atoms with Crippen LogP contribution < -0.4 is 16.1 Å². The number of alkyl halides is 3. The highest BCUT2D eigenvalue weighted by molar-refractivity contribution is 6.30. The van der Waals surface area contributed by atoms with E-state index >= 15 is 0 Å². The summed E-state index contributed by atoms with van der Waals surface area (Å²) in [5.74, 6) is -1.14. The summed E-state index contributed by atoms with van der Waals surface area (Å²) in [6.45, 7) is 5.14. The lowest BCUT2D eigenvalue weighted by atomic mass is 10.1. The molecule has 0 aliphatic carbocycles. The van der Waals surface area contributed by atoms with Crippen molar-refractivity contribution in [2.45, 2.75) is 19.0 Å². The minimum atomic E-state index is -4.56. The molecule has 9 nitrogen and oxygen atoms in total. The number of nitrogens with zero attached hydrogens (tertiary/aromatic N) is 3. The number of nitrogens with one attached hydrogen (secondary N) is 3. The molecule has 2 fully saturated rings. The average Bonchev–Trinajstić information content (AvgIpc) is 3.40. The van der Waals surface area contributed by atoms with Crippen molar-refractivity contribution in [1.82, 2.24) is 20.5 Å². The highest BCUT2D eigenvalue weighted by atomic mass is 35.5. The zero-order valence-electron chi connectivity index (χ0n) is 22.0. The molecule has 2 aliphatic heterocycles. The van der Waals surface area contributed by atoms with Gasteiger partial charge in [0.1, 0.15) is 26.2 Å². The third-order valence-electron chi connectivity index (χ3n) is 7.25. The maximum absolute atomic E-state index is 12.9. The van der Waals surface area contributed by atoms with Crippen LogP contribution in [0.5, 0.6) is 0 Å². The summed E-state index contributed by atoms with van der Waals surface area (Å²) in [4.78, 5) is 41.7. The number of rotatable bonds is 8. The van der Waals surface area contributed by atoms with Crippen LogP contribution in [0, 0.1) is 0 Å². The fraction of sp³-hybridized carbons (Fsp3) is 0.444. The van der Waals surface area contributed by atoms with Gasteiger partial charge in [0.15, 0.2) is 0 Å². The van der Waals surface area contributed by atoms with Gasteiger partial charge in [-0.2, -0.15) is 13.2 Å². The van der Waals surface area contributed by atoms with E-state index in [0.717, 1.165) is 50.7 Å². The molecule has 2 heterocycles. The minimum Gasteiger partial charge on any atom is -0.343 e. The lowest BCUT2D eigenvalue weighted by molar-refractivity contribution is -0.950. The molecular weight excluding hydrogens is 549 g/mol. The van der Waals surface area contributed by atoms with Crippen LogP contribution in [0.25, 0.3) is 0 Å². The fourth-order valence-electron chi connectivity index (χ4n) is 4.98. The molecule has 0 atom stereocenters. The standard InChI is InChI=1S/C27H32ClF3N6O3/c28-22-6-8-23(9-7-22)33-26(40)36-12-10-35(11-13-36)14-17-37(15-1-2-16-37)34-24(38)19-32-25(39)20-4-3-5-21(18-20)27(29,30)31/h3-9,18H,1-2,10-17,19H2,(H2-,32,33,34,38,39,40)/p+1. The molecule has 4 rings (SSSR count). The summed E-state index contributed by atoms with van der Waals surface area (Å²) in [7, 11) is 0. The molecule has 0 bridgehead atoms. The molecule has 40 heavy (non-hydrogen) atoms. The third-order valence-corrected chi connectivity index (χ3v) is 7.50. The fourth-order valence-corrected chi connectivity index (χ4v) is 5.10. The van der Waals surface area contributed by atoms with E-state index in [-0.39, 0.29) is 18.1 Å². The molecule has 2 aliphatic rings. The van der Waals surface area contributed by atoms with Crippen LogP contribution in [0.4, 0.5) is 23.7 Å². The van der Waals surface area contributed by atoms with Crippen LogP contribution in [0.3, 0.4) is 0 Å². The van der Waals surface area contributed by atoms with Gasteiger partial charge in [0, 0.05) is 55.3 Å². The Morgan fingerprint density at radius 2 is 1.62 bits per heavy atom. The lowest BCUT2D eigenvalue weighted by Crippen LogP contribution is -2.62. The number of hydrogen-bond donors (Lipinski definition) is 3. The van der Waals surface area contributed by atoms with E-state index in [1.54, 1.807) is 29.2 Å². The molecule has 2 saturated heterocycles. The number of hydrogen-bond acceptors (Lipinski definition) is 4. The van der Waals surface area contributed by atoms with Gasteiger partial charge in [0.05, 0.1) is 12.1 Å². The Kier molecular flexibility index (Phi) is 9.54. The van der Waals surface area contributed by atoms with Gasteiger partial charge >= 0.3 is 12.2 Å². The normalized spacial score (nSPS) is 17.4. The van der Waals surface area contributed by atoms with Crippen LogP contribution in [0.2, 0.25) is 5.02 Å². The maximum Gasteiger partial charge on any atom is 0.416 e. The predicted molar refractivity (Wildman–Crippen MR) is 144 cm³/mol. The first kappa shape index (κ1) is 29.6. The summed E-state index contributed by atoms with van der Waals surface area (Å²) in [6.07, 6.45) is -2.65. The number of carbonyl (C=O) groups excluding carboxylic acids is 3. The highest BCUT2D eigenvalue weighted by Gasteiger charge is 2.35. The molecule has 3 N–H and O–H groups in total. The number of piperazine rings is 1. The van der Waals surface area contributed by atoms with E-state index in [1.807, 2.05) is 0 Å². The number of benzene rings is 2. The number of carbonyl (C=O) groups is 3. The first-order valence-electron chi connectivity index (χ1n) is 13.2. The predicted octanol–water partition coefficient (Wildman–Crippen LogP) is 3.58. The molecule has 2 aromatic rings. The van der Waals surface area contributed by atoms with Crippen LogP contribution >= 0.6 is 11.6 Å². The summed E-state index contributed by atoms with van der Waals surface area (Å²) in [5, 5.41) is 5.90. The van der Waals surface area contributed by atoms with Gasteiger partial charge in [0.2, 0.25) is 0 Å². The molecule has 0 saturated carbocycles. The maximum atomic E-state index is 12.9. The van der Waals surface area contributed by atoms with E-state index in [2.05, 4.69) is 21.0 Å². The van der Waals surface area contributed by atoms with Crippen molar-refractivity contribution >= 4 is 35.1 Å². The van der Waals surface area contributed by atoms with E-state index in [4.69, 9.17) is 11.6 Å². The first-order valence-corrected chi connectivity index (χ1v) is 13.6. The Morgan fingerprint density at radius 3 is 2.27 bits per heavy atom. The van der Waals surface area contributed by atoms with Crippen molar-refractivity contribution in [2.75, 3.05) is 64.2 Å². The topological polar surface area (TPSA) is 93.8 Å². The molecule has 2 aromatic carbocycles. The van der Waals surface area contributed by atoms with Crippen molar-refractivity contribution < 1.29 is 32.1 Å². The van der Waals surface area contributed by atoms with Crippen molar-refractivity contribution in [3.8, 4) is 0 Å². The van der Waals surface area contributed by atoms with Gasteiger partial charge in [0.25, 0.3) is 11.8 Å². The summed E-state index contributed by atoms with van der Waals surface area (Å²) in [6, 6.07) is 10.9. The summed E-state index contributed by atoms with van der Waals surface area (Å²) in [5.41, 5.74) is 2.62. The van der Waals surface area contributed by atoms with E-state index in [1.165, 1.54) is 6.07 Å². The number of amides is 4. The zero-order valence-corrected chi connectivity index (χ0v) is 22.7. The monoisotopic (exact) mass is 581 g/mol. The van der Waals surface area contributed by atoms with E-state index < -0.39 is 23.6 Å². The number of anilines is 1. The molecule has 4 amide bonds. The molecule has 0 aromatic heterocycles. The SMILES string of the molecule is O=C(CNC(=O)c1cccc(C(F)(F)F)c1)N[N+]1(CCN2CCN(C(=O)Nc3ccc(Cl)cc3)CC2)CCCC1. The number of halogens is 4. The van der Waals surface area contributed by atoms with Crippen LogP contribution in [-0.4, -0.2) is 91.1 Å². The van der Waals surface area contributed by atoms with Gasteiger partial charge in [-0.25, -0.2) is 14.8 Å². The zero-order chi connectivity index (χ0) is 28.8. The molecular formula is C27H33ClF3N6O3+. The summed E-state index contributed by atoms with van der Waals surface area (Å²) >= 11 is 5.89. The van der Waals surface area contributed by atoms with Crippen molar-refractivity contribution in [3.05, 3.63) is 64.7 Å². The second-order valence-electron chi connectivity index (χ2n) is 10.1. The van der Waals surface area contributed by atoms with Crippen molar-refractivity contribution in [2.24, 2.45) is 0 Å². The Hall–Kier alpha value is -3.35. The Balaban J connectivity index is 1.22. The Morgan fingerprint density at radius 1 is 0.950 bits per heavy atom. The van der Waals surface area contributed by atoms with Crippen molar-refractivity contribution in [1.29, 1.82) is 0 Å². The first-order chi connectivity index (χ1) is 19.0. The molecule has 216 valence electrons. The van der Waals surface area contributed by atoms with Crippen LogP contribution in [0.1, 0.15) is 28.8 Å². The van der Waals surface area contributed by atoms with Crippen molar-refractivity contribution in [3.63, 3.8) is 0 Å². The average molecular weight is 582 g/mol. The highest BCUT2D eigenvalue weighted by Crippen LogP contribution is 2.29. The third kappa shape index (κ3) is 8.09. The number of urea groups is 1. The summed E-state index contributed by atoms with van der Waals surface area (Å²) < 4.78 is 39.2. The molecule has 13 heteroatoms. The lowest BCUT2D eigenvalue weighted by Gasteiger charge is -2.38. The van der Waals surface area contributed by atoms with Gasteiger partial charge in [-0.15, -0.1) is 0 Å². The van der Waals surface area contributed by atoms with Crippen LogP contribution in [-0.2, 0) is 11.0 Å². The second-order valence-corrected chi connectivity index (χ2v) is 10.5. The minimum absolute atomic E-state index is 0.159. The smallest absolute Gasteiger partial charge is 0.343 e.